The molecule has 2 aromatic rings. The normalized spacial score (nSPS) is 13.2. The first-order chi connectivity index (χ1) is 11.8. The number of benzene rings is 1. The van der Waals surface area contributed by atoms with Crippen LogP contribution in [0.25, 0.3) is 6.08 Å². The van der Waals surface area contributed by atoms with Crippen molar-refractivity contribution in [3.05, 3.63) is 59.4 Å². The summed E-state index contributed by atoms with van der Waals surface area (Å²) in [4.78, 5) is 6.34. The lowest BCUT2D eigenvalue weighted by Crippen LogP contribution is -2.30. The summed E-state index contributed by atoms with van der Waals surface area (Å²) in [5.74, 6) is 1.69. The number of aliphatic hydroxyl groups is 1. The monoisotopic (exact) mass is 326 g/mol. The van der Waals surface area contributed by atoms with Crippen LogP contribution in [0.2, 0.25) is 0 Å². The van der Waals surface area contributed by atoms with Gasteiger partial charge < -0.3 is 14.6 Å². The van der Waals surface area contributed by atoms with Gasteiger partial charge in [0.2, 0.25) is 0 Å². The molecule has 126 valence electrons. The Morgan fingerprint density at radius 3 is 2.96 bits per heavy atom. The van der Waals surface area contributed by atoms with Gasteiger partial charge in [0.25, 0.3) is 0 Å². The van der Waals surface area contributed by atoms with Gasteiger partial charge in [0, 0.05) is 37.6 Å². The molecule has 5 heteroatoms. The number of aromatic nitrogens is 1. The van der Waals surface area contributed by atoms with Crippen molar-refractivity contribution >= 4 is 6.08 Å². The minimum atomic E-state index is 0.124. The third kappa shape index (κ3) is 4.13. The zero-order chi connectivity index (χ0) is 16.8. The number of nitrogens with zero attached hydrogens (tertiary/aromatic N) is 2. The van der Waals surface area contributed by atoms with Crippen LogP contribution < -0.4 is 9.47 Å². The van der Waals surface area contributed by atoms with Gasteiger partial charge in [-0.2, -0.15) is 0 Å². The molecular weight excluding hydrogens is 304 g/mol. The Bertz CT molecular complexity index is 701. The highest BCUT2D eigenvalue weighted by Gasteiger charge is 2.15. The average Bonchev–Trinajstić information content (AvgIpc) is 2.62. The minimum absolute atomic E-state index is 0.124. The van der Waals surface area contributed by atoms with Crippen molar-refractivity contribution in [1.82, 2.24) is 9.88 Å². The fourth-order valence-corrected chi connectivity index (χ4v) is 2.81. The summed E-state index contributed by atoms with van der Waals surface area (Å²) in [5, 5.41) is 9.35. The molecule has 24 heavy (non-hydrogen) atoms. The molecule has 1 aromatic carbocycles. The summed E-state index contributed by atoms with van der Waals surface area (Å²) in [6.07, 6.45) is 5.77. The van der Waals surface area contributed by atoms with Gasteiger partial charge in [-0.05, 0) is 41.5 Å². The van der Waals surface area contributed by atoms with Crippen molar-refractivity contribution in [3.8, 4) is 11.5 Å². The van der Waals surface area contributed by atoms with Gasteiger partial charge in [-0.3, -0.25) is 9.88 Å². The molecule has 0 unspecified atom stereocenters. The van der Waals surface area contributed by atoms with E-state index in [0.29, 0.717) is 13.2 Å². The molecule has 0 radical (unpaired) electrons. The molecule has 0 bridgehead atoms. The zero-order valence-electron chi connectivity index (χ0n) is 13.8. The molecule has 0 fully saturated rings. The lowest BCUT2D eigenvalue weighted by atomic mass is 10.1. The number of methoxy groups -OCH3 is 1. The summed E-state index contributed by atoms with van der Waals surface area (Å²) in [7, 11) is 1.66. The highest BCUT2D eigenvalue weighted by molar-refractivity contribution is 5.64. The maximum absolute atomic E-state index is 9.35. The van der Waals surface area contributed by atoms with E-state index in [4.69, 9.17) is 9.47 Å². The number of hydrogen-bond acceptors (Lipinski definition) is 5. The Hall–Kier alpha value is -2.37. The van der Waals surface area contributed by atoms with E-state index in [1.54, 1.807) is 13.3 Å². The first-order valence-electron chi connectivity index (χ1n) is 8.01. The highest BCUT2D eigenvalue weighted by atomic mass is 16.5. The van der Waals surface area contributed by atoms with E-state index in [1.165, 1.54) is 5.57 Å². The van der Waals surface area contributed by atoms with Crippen molar-refractivity contribution in [1.29, 1.82) is 0 Å². The minimum Gasteiger partial charge on any atom is -0.497 e. The first kappa shape index (κ1) is 16.5. The van der Waals surface area contributed by atoms with Crippen molar-refractivity contribution in [2.24, 2.45) is 0 Å². The van der Waals surface area contributed by atoms with E-state index in [1.807, 2.05) is 36.5 Å². The number of pyridine rings is 1. The molecule has 1 aliphatic heterocycles. The zero-order valence-corrected chi connectivity index (χ0v) is 13.8. The molecule has 3 rings (SSSR count). The van der Waals surface area contributed by atoms with E-state index in [-0.39, 0.29) is 6.61 Å². The van der Waals surface area contributed by atoms with Gasteiger partial charge >= 0.3 is 0 Å². The molecule has 0 spiro atoms. The second-order valence-electron chi connectivity index (χ2n) is 5.79. The van der Waals surface area contributed by atoms with Crippen LogP contribution in [0, 0.1) is 0 Å². The molecule has 5 nitrogen and oxygen atoms in total. The highest BCUT2D eigenvalue weighted by Crippen LogP contribution is 2.30. The van der Waals surface area contributed by atoms with Crippen molar-refractivity contribution < 1.29 is 14.6 Å². The Morgan fingerprint density at radius 1 is 1.29 bits per heavy atom. The Morgan fingerprint density at radius 2 is 2.21 bits per heavy atom. The van der Waals surface area contributed by atoms with E-state index < -0.39 is 0 Å². The van der Waals surface area contributed by atoms with Crippen LogP contribution in [0.4, 0.5) is 0 Å². The quantitative estimate of drug-likeness (QED) is 0.846. The predicted molar refractivity (Wildman–Crippen MR) is 93.1 cm³/mol. The maximum atomic E-state index is 9.35. The first-order valence-corrected chi connectivity index (χ1v) is 8.01. The lowest BCUT2D eigenvalue weighted by Gasteiger charge is -2.25. The largest absolute Gasteiger partial charge is 0.497 e. The second-order valence-corrected chi connectivity index (χ2v) is 5.79. The van der Waals surface area contributed by atoms with E-state index >= 15 is 0 Å². The molecule has 1 aliphatic rings. The Labute approximate surface area is 142 Å². The predicted octanol–water partition coefficient (Wildman–Crippen LogP) is 2.36. The van der Waals surface area contributed by atoms with Crippen molar-refractivity contribution in [2.75, 3.05) is 33.4 Å². The third-order valence-corrected chi connectivity index (χ3v) is 3.96. The molecule has 0 saturated carbocycles. The van der Waals surface area contributed by atoms with Crippen LogP contribution in [-0.4, -0.2) is 48.4 Å². The summed E-state index contributed by atoms with van der Waals surface area (Å²) in [6.45, 7) is 2.78. The van der Waals surface area contributed by atoms with Crippen molar-refractivity contribution in [2.45, 2.75) is 6.54 Å². The summed E-state index contributed by atoms with van der Waals surface area (Å²) < 4.78 is 11.1. The SMILES string of the molecule is COc1ccc2c(c1)C=C(CN(CCO)Cc1cccnc1)CO2. The number of rotatable bonds is 7. The topological polar surface area (TPSA) is 54.8 Å². The van der Waals surface area contributed by atoms with Crippen LogP contribution in [0.5, 0.6) is 11.5 Å². The Kier molecular flexibility index (Phi) is 5.46. The smallest absolute Gasteiger partial charge is 0.127 e. The number of fused-ring (bicyclic) bond motifs is 1. The number of hydrogen-bond donors (Lipinski definition) is 1. The average molecular weight is 326 g/mol. The van der Waals surface area contributed by atoms with Crippen LogP contribution in [0.1, 0.15) is 11.1 Å². The molecule has 2 heterocycles. The molecular formula is C19H22N2O3. The third-order valence-electron chi connectivity index (χ3n) is 3.96. The van der Waals surface area contributed by atoms with Crippen molar-refractivity contribution in [3.63, 3.8) is 0 Å². The fourth-order valence-electron chi connectivity index (χ4n) is 2.81. The van der Waals surface area contributed by atoms with E-state index in [0.717, 1.165) is 35.7 Å². The standard InChI is InChI=1S/C19H22N2O3/c1-23-18-4-5-19-17(10-18)9-16(14-24-19)13-21(7-8-22)12-15-3-2-6-20-11-15/h2-6,9-11,22H,7-8,12-14H2,1H3. The number of ether oxygens (including phenoxy) is 2. The molecule has 0 aliphatic carbocycles. The van der Waals surface area contributed by atoms with E-state index in [2.05, 4.69) is 16.0 Å². The fraction of sp³-hybridized carbons (Fsp3) is 0.316. The van der Waals surface area contributed by atoms with Gasteiger partial charge in [0.15, 0.2) is 0 Å². The molecule has 0 atom stereocenters. The van der Waals surface area contributed by atoms with Gasteiger partial charge in [0.05, 0.1) is 13.7 Å². The molecule has 0 saturated heterocycles. The van der Waals surface area contributed by atoms with Crippen LogP contribution in [0.3, 0.4) is 0 Å². The van der Waals surface area contributed by atoms with Crippen LogP contribution in [0.15, 0.2) is 48.3 Å². The van der Waals surface area contributed by atoms with Gasteiger partial charge in [0.1, 0.15) is 18.1 Å². The van der Waals surface area contributed by atoms with Crippen LogP contribution in [-0.2, 0) is 6.54 Å². The Balaban J connectivity index is 1.73. The van der Waals surface area contributed by atoms with E-state index in [9.17, 15) is 5.11 Å². The van der Waals surface area contributed by atoms with Gasteiger partial charge in [-0.25, -0.2) is 0 Å². The number of aliphatic hydroxyl groups excluding tert-OH is 1. The maximum Gasteiger partial charge on any atom is 0.127 e. The summed E-state index contributed by atoms with van der Waals surface area (Å²) in [5.41, 5.74) is 3.33. The van der Waals surface area contributed by atoms with Gasteiger partial charge in [-0.1, -0.05) is 6.07 Å². The van der Waals surface area contributed by atoms with Gasteiger partial charge in [-0.15, -0.1) is 0 Å². The summed E-state index contributed by atoms with van der Waals surface area (Å²) in [6, 6.07) is 9.79. The molecule has 1 aromatic heterocycles. The summed E-state index contributed by atoms with van der Waals surface area (Å²) >= 11 is 0. The van der Waals surface area contributed by atoms with Crippen LogP contribution >= 0.6 is 0 Å². The second kappa shape index (κ2) is 7.95. The molecule has 1 N–H and O–H groups in total. The lowest BCUT2D eigenvalue weighted by molar-refractivity contribution is 0.195. The molecule has 0 amide bonds.